The van der Waals surface area contributed by atoms with Gasteiger partial charge in [-0.2, -0.15) is 10.5 Å². The van der Waals surface area contributed by atoms with Crippen molar-refractivity contribution in [2.75, 3.05) is 0 Å². The first-order valence-corrected chi connectivity index (χ1v) is 9.02. The van der Waals surface area contributed by atoms with Crippen molar-refractivity contribution in [3.8, 4) is 12.1 Å². The normalized spacial score (nSPS) is 10.7. The van der Waals surface area contributed by atoms with Crippen LogP contribution in [-0.2, 0) is 4.74 Å². The minimum absolute atomic E-state index is 0.415. The van der Waals surface area contributed by atoms with E-state index in [2.05, 4.69) is 17.1 Å². The van der Waals surface area contributed by atoms with Gasteiger partial charge in [-0.3, -0.25) is 4.57 Å². The minimum Gasteiger partial charge on any atom is -0.443 e. The number of hydrogen-bond donors (Lipinski definition) is 1. The highest BCUT2D eigenvalue weighted by Gasteiger charge is 2.18. The smallest absolute Gasteiger partial charge is 0.418 e. The predicted molar refractivity (Wildman–Crippen MR) is 111 cm³/mol. The van der Waals surface area contributed by atoms with Crippen molar-refractivity contribution in [2.45, 2.75) is 26.4 Å². The van der Waals surface area contributed by atoms with E-state index in [4.69, 9.17) is 15.3 Å². The van der Waals surface area contributed by atoms with E-state index >= 15 is 0 Å². The van der Waals surface area contributed by atoms with Gasteiger partial charge in [0.1, 0.15) is 5.60 Å². The lowest BCUT2D eigenvalue weighted by molar-refractivity contribution is 0.0544. The third-order valence-electron chi connectivity index (χ3n) is 4.09. The second-order valence-electron chi connectivity index (χ2n) is 7.44. The fraction of sp³-hybridized carbons (Fsp3) is 0.174. The van der Waals surface area contributed by atoms with Crippen LogP contribution in [0.5, 0.6) is 0 Å². The van der Waals surface area contributed by atoms with Gasteiger partial charge in [0.2, 0.25) is 0 Å². The van der Waals surface area contributed by atoms with Crippen molar-refractivity contribution in [3.63, 3.8) is 0 Å². The first kappa shape index (κ1) is 19.7. The van der Waals surface area contributed by atoms with E-state index in [1.54, 1.807) is 36.5 Å². The molecule has 0 atom stereocenters. The molecule has 2 aromatic heterocycles. The number of hydrogen-bond acceptors (Lipinski definition) is 4. The van der Waals surface area contributed by atoms with E-state index < -0.39 is 11.7 Å². The highest BCUT2D eigenvalue weighted by molar-refractivity contribution is 5.90. The summed E-state index contributed by atoms with van der Waals surface area (Å²) in [6.07, 6.45) is 3.10. The number of aromatic amines is 1. The Morgan fingerprint density at radius 1 is 0.966 bits per heavy atom. The number of benzene rings is 2. The summed E-state index contributed by atoms with van der Waals surface area (Å²) in [7, 11) is 0. The number of carbonyl (C=O) groups is 1. The number of nitriles is 2. The average molecular weight is 384 g/mol. The zero-order valence-corrected chi connectivity index (χ0v) is 16.4. The van der Waals surface area contributed by atoms with Gasteiger partial charge in [0.15, 0.2) is 0 Å². The molecular formula is C23H20N4O2. The molecule has 0 saturated carbocycles. The molecule has 4 aromatic rings. The summed E-state index contributed by atoms with van der Waals surface area (Å²) in [5.41, 5.74) is 2.56. The largest absolute Gasteiger partial charge is 0.443 e. The Morgan fingerprint density at radius 2 is 1.62 bits per heavy atom. The predicted octanol–water partition coefficient (Wildman–Crippen LogP) is 5.34. The molecule has 0 bridgehead atoms. The Hall–Kier alpha value is -4.03. The topological polar surface area (TPSA) is 94.6 Å². The van der Waals surface area contributed by atoms with Gasteiger partial charge in [-0.1, -0.05) is 0 Å². The summed E-state index contributed by atoms with van der Waals surface area (Å²) >= 11 is 0. The maximum absolute atomic E-state index is 12.0. The molecule has 144 valence electrons. The van der Waals surface area contributed by atoms with Crippen LogP contribution in [-0.4, -0.2) is 21.2 Å². The maximum Gasteiger partial charge on any atom is 0.418 e. The minimum atomic E-state index is -0.528. The van der Waals surface area contributed by atoms with E-state index in [1.165, 1.54) is 4.57 Å². The van der Waals surface area contributed by atoms with Crippen LogP contribution in [0, 0.1) is 22.7 Å². The summed E-state index contributed by atoms with van der Waals surface area (Å²) in [5.74, 6) is 0. The molecular weight excluding hydrogens is 364 g/mol. The molecule has 0 spiro atoms. The van der Waals surface area contributed by atoms with Crippen molar-refractivity contribution in [1.29, 1.82) is 10.5 Å². The number of nitrogens with zero attached hydrogens (tertiary/aromatic N) is 3. The molecule has 0 saturated heterocycles. The summed E-state index contributed by atoms with van der Waals surface area (Å²) < 4.78 is 6.75. The van der Waals surface area contributed by atoms with E-state index in [1.807, 2.05) is 45.2 Å². The van der Waals surface area contributed by atoms with Crippen LogP contribution in [0.2, 0.25) is 0 Å². The van der Waals surface area contributed by atoms with Gasteiger partial charge >= 0.3 is 6.09 Å². The Morgan fingerprint density at radius 3 is 2.28 bits per heavy atom. The molecule has 0 aliphatic rings. The molecule has 0 unspecified atom stereocenters. The monoisotopic (exact) mass is 384 g/mol. The molecule has 2 aromatic carbocycles. The molecule has 4 rings (SSSR count). The summed E-state index contributed by atoms with van der Waals surface area (Å²) in [5, 5.41) is 19.3. The van der Waals surface area contributed by atoms with Crippen LogP contribution in [0.15, 0.2) is 60.9 Å². The summed E-state index contributed by atoms with van der Waals surface area (Å²) in [4.78, 5) is 15.0. The number of ether oxygens (including phenoxy) is 1. The van der Waals surface area contributed by atoms with Gasteiger partial charge in [-0.25, -0.2) is 4.79 Å². The fourth-order valence-corrected chi connectivity index (χ4v) is 2.81. The zero-order chi connectivity index (χ0) is 21.0. The Bertz CT molecular complexity index is 1260. The standard InChI is InChI=1S/C14H14N2O2.C9H6N2/c1-14(2,3)18-13(17)16-7-6-11-8-10(9-15)4-5-12(11)16;10-6-7-1-2-9-8(5-7)3-4-11-9/h4-8H,1-3H3;1-5,11H. The molecule has 0 aliphatic heterocycles. The number of H-pyrrole nitrogens is 1. The van der Waals surface area contributed by atoms with Gasteiger partial charge in [-0.15, -0.1) is 0 Å². The van der Waals surface area contributed by atoms with Gasteiger partial charge in [0.25, 0.3) is 0 Å². The lowest BCUT2D eigenvalue weighted by atomic mass is 10.2. The third-order valence-corrected chi connectivity index (χ3v) is 4.09. The molecule has 0 amide bonds. The third kappa shape index (κ3) is 4.63. The van der Waals surface area contributed by atoms with Crippen LogP contribution in [0.1, 0.15) is 31.9 Å². The molecule has 29 heavy (non-hydrogen) atoms. The Balaban J connectivity index is 0.000000186. The van der Waals surface area contributed by atoms with E-state index in [-0.39, 0.29) is 0 Å². The number of aromatic nitrogens is 2. The van der Waals surface area contributed by atoms with Gasteiger partial charge in [-0.05, 0) is 69.3 Å². The second-order valence-corrected chi connectivity index (χ2v) is 7.44. The van der Waals surface area contributed by atoms with E-state index in [0.29, 0.717) is 11.1 Å². The highest BCUT2D eigenvalue weighted by atomic mass is 16.6. The molecule has 6 heteroatoms. The van der Waals surface area contributed by atoms with Gasteiger partial charge in [0, 0.05) is 28.7 Å². The average Bonchev–Trinajstić information content (AvgIpc) is 3.32. The second kappa shape index (κ2) is 7.92. The molecule has 0 aliphatic carbocycles. The summed E-state index contributed by atoms with van der Waals surface area (Å²) in [6.45, 7) is 5.47. The quantitative estimate of drug-likeness (QED) is 0.443. The van der Waals surface area contributed by atoms with E-state index in [0.717, 1.165) is 21.8 Å². The van der Waals surface area contributed by atoms with Gasteiger partial charge < -0.3 is 9.72 Å². The SMILES string of the molecule is CC(C)(C)OC(=O)n1ccc2cc(C#N)ccc21.N#Cc1ccc2[nH]ccc2c1. The van der Waals surface area contributed by atoms with Gasteiger partial charge in [0.05, 0.1) is 28.8 Å². The van der Waals surface area contributed by atoms with Crippen molar-refractivity contribution in [3.05, 3.63) is 72.1 Å². The lowest BCUT2D eigenvalue weighted by Gasteiger charge is -2.19. The molecule has 2 heterocycles. The number of rotatable bonds is 0. The van der Waals surface area contributed by atoms with Crippen LogP contribution < -0.4 is 0 Å². The van der Waals surface area contributed by atoms with Crippen LogP contribution in [0.25, 0.3) is 21.8 Å². The van der Waals surface area contributed by atoms with Crippen LogP contribution in [0.4, 0.5) is 4.79 Å². The van der Waals surface area contributed by atoms with Crippen LogP contribution in [0.3, 0.4) is 0 Å². The number of carbonyl (C=O) groups excluding carboxylic acids is 1. The van der Waals surface area contributed by atoms with Crippen molar-refractivity contribution in [2.24, 2.45) is 0 Å². The van der Waals surface area contributed by atoms with Crippen molar-refractivity contribution in [1.82, 2.24) is 9.55 Å². The zero-order valence-electron chi connectivity index (χ0n) is 16.4. The number of fused-ring (bicyclic) bond motifs is 2. The first-order valence-electron chi connectivity index (χ1n) is 9.02. The molecule has 0 radical (unpaired) electrons. The van der Waals surface area contributed by atoms with Crippen molar-refractivity contribution >= 4 is 27.9 Å². The fourth-order valence-electron chi connectivity index (χ4n) is 2.81. The molecule has 0 fully saturated rings. The van der Waals surface area contributed by atoms with Crippen molar-refractivity contribution < 1.29 is 9.53 Å². The number of nitrogens with one attached hydrogen (secondary N) is 1. The lowest BCUT2D eigenvalue weighted by Crippen LogP contribution is -2.26. The van der Waals surface area contributed by atoms with E-state index in [9.17, 15) is 4.79 Å². The Kier molecular flexibility index (Phi) is 5.38. The van der Waals surface area contributed by atoms with Crippen LogP contribution >= 0.6 is 0 Å². The Labute approximate surface area is 168 Å². The first-order chi connectivity index (χ1) is 13.8. The molecule has 6 nitrogen and oxygen atoms in total. The highest BCUT2D eigenvalue weighted by Crippen LogP contribution is 2.19. The molecule has 1 N–H and O–H groups in total. The summed E-state index contributed by atoms with van der Waals surface area (Å²) in [6, 6.07) is 18.7. The maximum atomic E-state index is 12.0.